The standard InChI is InChI=1S/C19H13Cl2N5/c1-11-3-13(4-14(8-22)19(25)15(9-23)10-24)12(2)26(11)18-6-16(20)5-17(21)7-18/h3-7H,25H2,1-2H3/b14-4+. The van der Waals surface area contributed by atoms with Crippen LogP contribution in [0.2, 0.25) is 10.0 Å². The van der Waals surface area contributed by atoms with Gasteiger partial charge in [-0.25, -0.2) is 0 Å². The van der Waals surface area contributed by atoms with Crippen molar-refractivity contribution in [3.8, 4) is 23.9 Å². The zero-order valence-corrected chi connectivity index (χ0v) is 15.5. The van der Waals surface area contributed by atoms with Crippen LogP contribution in [0.4, 0.5) is 0 Å². The average molecular weight is 382 g/mol. The highest BCUT2D eigenvalue weighted by Gasteiger charge is 2.13. The Morgan fingerprint density at radius 3 is 2.08 bits per heavy atom. The Bertz CT molecular complexity index is 1030. The van der Waals surface area contributed by atoms with Crippen molar-refractivity contribution < 1.29 is 0 Å². The molecule has 0 bridgehead atoms. The highest BCUT2D eigenvalue weighted by molar-refractivity contribution is 6.34. The van der Waals surface area contributed by atoms with Gasteiger partial charge in [0.15, 0.2) is 5.57 Å². The topological polar surface area (TPSA) is 102 Å². The van der Waals surface area contributed by atoms with Gasteiger partial charge in [0.05, 0.1) is 11.3 Å². The molecule has 2 rings (SSSR count). The first-order valence-corrected chi connectivity index (χ1v) is 8.15. The Balaban J connectivity index is 2.65. The molecule has 0 saturated heterocycles. The monoisotopic (exact) mass is 381 g/mol. The summed E-state index contributed by atoms with van der Waals surface area (Å²) in [6.07, 6.45) is 1.55. The summed E-state index contributed by atoms with van der Waals surface area (Å²) < 4.78 is 1.94. The Labute approximate surface area is 161 Å². The van der Waals surface area contributed by atoms with Gasteiger partial charge in [0.25, 0.3) is 0 Å². The number of hydrogen-bond donors (Lipinski definition) is 1. The molecule has 0 aliphatic carbocycles. The van der Waals surface area contributed by atoms with Crippen LogP contribution in [0, 0.1) is 47.8 Å². The SMILES string of the molecule is Cc1cc(/C=C(\C#N)C(N)=C(C#N)C#N)c(C)n1-c1cc(Cl)cc(Cl)c1. The number of allylic oxidation sites excluding steroid dienone is 2. The number of rotatable bonds is 3. The molecular weight excluding hydrogens is 369 g/mol. The van der Waals surface area contributed by atoms with Gasteiger partial charge in [0.1, 0.15) is 18.2 Å². The summed E-state index contributed by atoms with van der Waals surface area (Å²) in [6.45, 7) is 3.78. The van der Waals surface area contributed by atoms with Crippen LogP contribution in [0.3, 0.4) is 0 Å². The molecule has 26 heavy (non-hydrogen) atoms. The first-order chi connectivity index (χ1) is 12.3. The molecule has 0 atom stereocenters. The van der Waals surface area contributed by atoms with E-state index in [4.69, 9.17) is 39.5 Å². The fourth-order valence-electron chi connectivity index (χ4n) is 2.61. The van der Waals surface area contributed by atoms with Crippen LogP contribution in [-0.4, -0.2) is 4.57 Å². The van der Waals surface area contributed by atoms with E-state index in [0.717, 1.165) is 22.6 Å². The largest absolute Gasteiger partial charge is 0.396 e. The van der Waals surface area contributed by atoms with Crippen molar-refractivity contribution in [1.29, 1.82) is 15.8 Å². The maximum absolute atomic E-state index is 9.36. The van der Waals surface area contributed by atoms with Crippen LogP contribution in [0.25, 0.3) is 11.8 Å². The number of nitrogens with zero attached hydrogens (tertiary/aromatic N) is 4. The molecule has 1 aromatic carbocycles. The van der Waals surface area contributed by atoms with Crippen LogP contribution < -0.4 is 5.73 Å². The van der Waals surface area contributed by atoms with Crippen molar-refractivity contribution in [2.24, 2.45) is 5.73 Å². The molecule has 2 N–H and O–H groups in total. The molecule has 0 unspecified atom stereocenters. The van der Waals surface area contributed by atoms with Crippen LogP contribution in [0.15, 0.2) is 41.1 Å². The number of benzene rings is 1. The first-order valence-electron chi connectivity index (χ1n) is 7.40. The van der Waals surface area contributed by atoms with Crippen LogP contribution in [0.5, 0.6) is 0 Å². The molecule has 0 amide bonds. The van der Waals surface area contributed by atoms with E-state index in [1.165, 1.54) is 0 Å². The van der Waals surface area contributed by atoms with Crippen molar-refractivity contribution >= 4 is 29.3 Å². The third-order valence-electron chi connectivity index (χ3n) is 3.78. The van der Waals surface area contributed by atoms with E-state index in [2.05, 4.69) is 0 Å². The van der Waals surface area contributed by atoms with Crippen LogP contribution >= 0.6 is 23.2 Å². The van der Waals surface area contributed by atoms with E-state index < -0.39 is 0 Å². The predicted molar refractivity (Wildman–Crippen MR) is 101 cm³/mol. The highest BCUT2D eigenvalue weighted by Crippen LogP contribution is 2.28. The normalized spacial score (nSPS) is 10.6. The summed E-state index contributed by atoms with van der Waals surface area (Å²) in [5, 5.41) is 28.2. The Hall–Kier alpha value is -3.17. The molecule has 7 heteroatoms. The van der Waals surface area contributed by atoms with Crippen molar-refractivity contribution in [3.05, 3.63) is 68.1 Å². The minimum Gasteiger partial charge on any atom is -0.396 e. The minimum absolute atomic E-state index is 0.0486. The molecule has 0 fully saturated rings. The van der Waals surface area contributed by atoms with Gasteiger partial charge in [-0.3, -0.25) is 0 Å². The number of halogens is 2. The third-order valence-corrected chi connectivity index (χ3v) is 4.22. The zero-order valence-electron chi connectivity index (χ0n) is 14.0. The van der Waals surface area contributed by atoms with E-state index in [1.807, 2.05) is 30.6 Å². The lowest BCUT2D eigenvalue weighted by atomic mass is 10.1. The van der Waals surface area contributed by atoms with Crippen molar-refractivity contribution in [2.75, 3.05) is 0 Å². The Morgan fingerprint density at radius 2 is 1.58 bits per heavy atom. The summed E-state index contributed by atoms with van der Waals surface area (Å²) in [5.74, 6) is 0. The number of aryl methyl sites for hydroxylation is 1. The number of nitrogens with two attached hydrogens (primary N) is 1. The number of aromatic nitrogens is 1. The predicted octanol–water partition coefficient (Wildman–Crippen LogP) is 4.57. The summed E-state index contributed by atoms with van der Waals surface area (Å²) in [4.78, 5) is 0. The summed E-state index contributed by atoms with van der Waals surface area (Å²) in [5.41, 5.74) is 8.64. The third kappa shape index (κ3) is 3.73. The molecular formula is C19H13Cl2N5. The lowest BCUT2D eigenvalue weighted by Gasteiger charge is -2.11. The Morgan fingerprint density at radius 1 is 1.00 bits per heavy atom. The maximum Gasteiger partial charge on any atom is 0.153 e. The summed E-state index contributed by atoms with van der Waals surface area (Å²) in [6, 6.07) is 12.4. The molecule has 0 radical (unpaired) electrons. The molecule has 0 spiro atoms. The summed E-state index contributed by atoms with van der Waals surface area (Å²) >= 11 is 12.2. The van der Waals surface area contributed by atoms with Crippen molar-refractivity contribution in [2.45, 2.75) is 13.8 Å². The molecule has 0 aliphatic heterocycles. The molecule has 1 heterocycles. The van der Waals surface area contributed by atoms with Gasteiger partial charge in [-0.05, 0) is 49.8 Å². The lowest BCUT2D eigenvalue weighted by Crippen LogP contribution is -2.03. The summed E-state index contributed by atoms with van der Waals surface area (Å²) in [7, 11) is 0. The highest BCUT2D eigenvalue weighted by atomic mass is 35.5. The zero-order chi connectivity index (χ0) is 19.4. The van der Waals surface area contributed by atoms with Crippen molar-refractivity contribution in [3.63, 3.8) is 0 Å². The second-order valence-electron chi connectivity index (χ2n) is 5.47. The fourth-order valence-corrected chi connectivity index (χ4v) is 3.12. The van der Waals surface area contributed by atoms with E-state index in [9.17, 15) is 5.26 Å². The van der Waals surface area contributed by atoms with Gasteiger partial charge in [0.2, 0.25) is 0 Å². The van der Waals surface area contributed by atoms with Gasteiger partial charge in [-0.2, -0.15) is 15.8 Å². The average Bonchev–Trinajstić information content (AvgIpc) is 2.86. The van der Waals surface area contributed by atoms with E-state index >= 15 is 0 Å². The van der Waals surface area contributed by atoms with Crippen LogP contribution in [0.1, 0.15) is 17.0 Å². The molecule has 5 nitrogen and oxygen atoms in total. The minimum atomic E-state index is -0.298. The quantitative estimate of drug-likeness (QED) is 0.620. The first kappa shape index (κ1) is 19.2. The Kier molecular flexibility index (Phi) is 5.75. The van der Waals surface area contributed by atoms with Gasteiger partial charge in [-0.1, -0.05) is 23.2 Å². The number of nitriles is 3. The smallest absolute Gasteiger partial charge is 0.153 e. The van der Waals surface area contributed by atoms with Gasteiger partial charge >= 0.3 is 0 Å². The van der Waals surface area contributed by atoms with Gasteiger partial charge < -0.3 is 10.3 Å². The second-order valence-corrected chi connectivity index (χ2v) is 6.34. The molecule has 0 saturated carbocycles. The van der Waals surface area contributed by atoms with E-state index in [1.54, 1.807) is 36.4 Å². The van der Waals surface area contributed by atoms with Crippen LogP contribution in [-0.2, 0) is 0 Å². The fraction of sp³-hybridized carbons (Fsp3) is 0.105. The molecule has 128 valence electrons. The van der Waals surface area contributed by atoms with E-state index in [-0.39, 0.29) is 16.8 Å². The van der Waals surface area contributed by atoms with E-state index in [0.29, 0.717) is 10.0 Å². The molecule has 2 aromatic rings. The lowest BCUT2D eigenvalue weighted by molar-refractivity contribution is 0.964. The molecule has 1 aromatic heterocycles. The second kappa shape index (κ2) is 7.81. The van der Waals surface area contributed by atoms with Gasteiger partial charge in [0, 0.05) is 27.1 Å². The molecule has 0 aliphatic rings. The van der Waals surface area contributed by atoms with Gasteiger partial charge in [-0.15, -0.1) is 0 Å². The maximum atomic E-state index is 9.36. The van der Waals surface area contributed by atoms with Crippen molar-refractivity contribution in [1.82, 2.24) is 4.57 Å². The number of hydrogen-bond acceptors (Lipinski definition) is 4.